The molecule has 0 unspecified atom stereocenters. The minimum Gasteiger partial charge on any atom is -0.481 e. The summed E-state index contributed by atoms with van der Waals surface area (Å²) in [5, 5.41) is 7.37. The molecule has 0 aliphatic rings. The van der Waals surface area contributed by atoms with Crippen LogP contribution < -0.4 is 0 Å². The zero-order chi connectivity index (χ0) is 8.91. The number of hydrogen-bond acceptors (Lipinski definition) is 4. The Kier molecular flexibility index (Phi) is 4.07. The van der Waals surface area contributed by atoms with E-state index < -0.39 is 5.79 Å². The summed E-state index contributed by atoms with van der Waals surface area (Å²) in [5.74, 6) is -1.01. The Morgan fingerprint density at radius 1 is 1.27 bits per heavy atom. The van der Waals surface area contributed by atoms with Crippen LogP contribution in [0.5, 0.6) is 0 Å². The Bertz CT molecular complexity index is 123. The molecule has 0 amide bonds. The monoisotopic (exact) mass is 161 g/mol. The first-order chi connectivity index (χ1) is 5.16. The van der Waals surface area contributed by atoms with Crippen LogP contribution in [0, 0.1) is 5.41 Å². The standard InChI is InChI=1S/C7H15NO3/c1-5-7(10-3,11-4)6(8)9-2/h8H,5H2,1-4H3. The highest BCUT2D eigenvalue weighted by molar-refractivity contribution is 5.80. The molecular weight excluding hydrogens is 146 g/mol. The van der Waals surface area contributed by atoms with Crippen LogP contribution in [0.15, 0.2) is 0 Å². The fourth-order valence-corrected chi connectivity index (χ4v) is 0.873. The summed E-state index contributed by atoms with van der Waals surface area (Å²) < 4.78 is 14.8. The fraction of sp³-hybridized carbons (Fsp3) is 0.857. The van der Waals surface area contributed by atoms with Crippen molar-refractivity contribution in [3.8, 4) is 0 Å². The van der Waals surface area contributed by atoms with E-state index in [2.05, 4.69) is 0 Å². The van der Waals surface area contributed by atoms with E-state index in [1.54, 1.807) is 0 Å². The summed E-state index contributed by atoms with van der Waals surface area (Å²) in [7, 11) is 4.39. The van der Waals surface area contributed by atoms with Crippen molar-refractivity contribution in [2.24, 2.45) is 0 Å². The van der Waals surface area contributed by atoms with Crippen LogP contribution in [-0.2, 0) is 14.2 Å². The van der Waals surface area contributed by atoms with Gasteiger partial charge in [0.1, 0.15) is 0 Å². The third kappa shape index (κ3) is 1.91. The van der Waals surface area contributed by atoms with Gasteiger partial charge >= 0.3 is 0 Å². The first kappa shape index (κ1) is 10.4. The van der Waals surface area contributed by atoms with E-state index in [4.69, 9.17) is 19.6 Å². The fourth-order valence-electron chi connectivity index (χ4n) is 0.873. The van der Waals surface area contributed by atoms with Crippen molar-refractivity contribution in [2.75, 3.05) is 21.3 Å². The third-order valence-corrected chi connectivity index (χ3v) is 1.67. The SMILES string of the molecule is CCC(OC)(OC)C(=N)OC. The molecule has 0 aliphatic heterocycles. The smallest absolute Gasteiger partial charge is 0.245 e. The van der Waals surface area contributed by atoms with Gasteiger partial charge in [-0.15, -0.1) is 0 Å². The predicted molar refractivity (Wildman–Crippen MR) is 41.8 cm³/mol. The largest absolute Gasteiger partial charge is 0.481 e. The first-order valence-corrected chi connectivity index (χ1v) is 3.40. The molecule has 0 bridgehead atoms. The second kappa shape index (κ2) is 4.31. The average molecular weight is 161 g/mol. The Labute approximate surface area is 67.0 Å². The molecule has 66 valence electrons. The number of hydrogen-bond donors (Lipinski definition) is 1. The Balaban J connectivity index is 4.39. The Hall–Kier alpha value is -0.610. The maximum atomic E-state index is 7.37. The van der Waals surface area contributed by atoms with Crippen LogP contribution in [0.2, 0.25) is 0 Å². The molecule has 0 atom stereocenters. The quantitative estimate of drug-likeness (QED) is 0.380. The van der Waals surface area contributed by atoms with Crippen molar-refractivity contribution >= 4 is 5.90 Å². The molecule has 4 heteroatoms. The molecule has 0 saturated carbocycles. The lowest BCUT2D eigenvalue weighted by Crippen LogP contribution is -2.42. The van der Waals surface area contributed by atoms with E-state index in [0.29, 0.717) is 6.42 Å². The zero-order valence-corrected chi connectivity index (χ0v) is 7.43. The van der Waals surface area contributed by atoms with Gasteiger partial charge in [0.2, 0.25) is 11.7 Å². The molecule has 0 aliphatic carbocycles. The molecule has 0 spiro atoms. The molecule has 0 aromatic heterocycles. The van der Waals surface area contributed by atoms with Gasteiger partial charge in [-0.05, 0) is 0 Å². The first-order valence-electron chi connectivity index (χ1n) is 3.40. The minimum absolute atomic E-state index is 0.00926. The van der Waals surface area contributed by atoms with E-state index in [0.717, 1.165) is 0 Å². The van der Waals surface area contributed by atoms with Crippen molar-refractivity contribution in [2.45, 2.75) is 19.1 Å². The van der Waals surface area contributed by atoms with Crippen molar-refractivity contribution in [1.82, 2.24) is 0 Å². The third-order valence-electron chi connectivity index (χ3n) is 1.67. The molecular formula is C7H15NO3. The summed E-state index contributed by atoms with van der Waals surface area (Å²) in [5.41, 5.74) is 0. The van der Waals surface area contributed by atoms with Gasteiger partial charge in [0.05, 0.1) is 7.11 Å². The lowest BCUT2D eigenvalue weighted by Gasteiger charge is -2.28. The molecule has 4 nitrogen and oxygen atoms in total. The maximum Gasteiger partial charge on any atom is 0.245 e. The summed E-state index contributed by atoms with van der Waals surface area (Å²) in [6.45, 7) is 1.86. The number of rotatable bonds is 4. The predicted octanol–water partition coefficient (Wildman–Crippen LogP) is 1.01. The van der Waals surface area contributed by atoms with Gasteiger partial charge in [-0.3, -0.25) is 5.41 Å². The maximum absolute atomic E-state index is 7.37. The topological polar surface area (TPSA) is 51.5 Å². The number of nitrogens with one attached hydrogen (secondary N) is 1. The lowest BCUT2D eigenvalue weighted by molar-refractivity contribution is -0.166. The highest BCUT2D eigenvalue weighted by atomic mass is 16.7. The highest BCUT2D eigenvalue weighted by Gasteiger charge is 2.34. The van der Waals surface area contributed by atoms with E-state index in [1.807, 2.05) is 6.92 Å². The van der Waals surface area contributed by atoms with Crippen LogP contribution in [0.4, 0.5) is 0 Å². The normalized spacial score (nSPS) is 11.3. The lowest BCUT2D eigenvalue weighted by atomic mass is 10.2. The van der Waals surface area contributed by atoms with Gasteiger partial charge < -0.3 is 14.2 Å². The molecule has 0 fully saturated rings. The van der Waals surface area contributed by atoms with E-state index in [9.17, 15) is 0 Å². The molecule has 11 heavy (non-hydrogen) atoms. The van der Waals surface area contributed by atoms with Crippen molar-refractivity contribution < 1.29 is 14.2 Å². The van der Waals surface area contributed by atoms with Crippen molar-refractivity contribution in [1.29, 1.82) is 5.41 Å². The Morgan fingerprint density at radius 2 is 1.73 bits per heavy atom. The van der Waals surface area contributed by atoms with Gasteiger partial charge in [-0.2, -0.15) is 0 Å². The molecule has 0 rings (SSSR count). The summed E-state index contributed by atoms with van der Waals surface area (Å²) in [4.78, 5) is 0. The van der Waals surface area contributed by atoms with Crippen LogP contribution in [-0.4, -0.2) is 33.0 Å². The number of methoxy groups -OCH3 is 3. The van der Waals surface area contributed by atoms with Crippen LogP contribution >= 0.6 is 0 Å². The molecule has 0 saturated heterocycles. The second-order valence-electron chi connectivity index (χ2n) is 2.05. The van der Waals surface area contributed by atoms with Gasteiger partial charge in [0.15, 0.2) is 0 Å². The second-order valence-corrected chi connectivity index (χ2v) is 2.05. The zero-order valence-electron chi connectivity index (χ0n) is 7.43. The summed E-state index contributed by atoms with van der Waals surface area (Å²) in [6.07, 6.45) is 0.548. The minimum atomic E-state index is -1.01. The van der Waals surface area contributed by atoms with Gasteiger partial charge in [-0.1, -0.05) is 6.92 Å². The summed E-state index contributed by atoms with van der Waals surface area (Å²) in [6, 6.07) is 0. The molecule has 0 aromatic rings. The molecule has 0 heterocycles. The van der Waals surface area contributed by atoms with Gasteiger partial charge in [0.25, 0.3) is 0 Å². The van der Waals surface area contributed by atoms with Crippen LogP contribution in [0.3, 0.4) is 0 Å². The van der Waals surface area contributed by atoms with Crippen molar-refractivity contribution in [3.05, 3.63) is 0 Å². The van der Waals surface area contributed by atoms with Crippen molar-refractivity contribution in [3.63, 3.8) is 0 Å². The van der Waals surface area contributed by atoms with Gasteiger partial charge in [-0.25, -0.2) is 0 Å². The average Bonchev–Trinajstić information content (AvgIpc) is 2.08. The number of ether oxygens (including phenoxy) is 3. The van der Waals surface area contributed by atoms with Gasteiger partial charge in [0, 0.05) is 20.6 Å². The molecule has 0 aromatic carbocycles. The highest BCUT2D eigenvalue weighted by Crippen LogP contribution is 2.17. The van der Waals surface area contributed by atoms with E-state index >= 15 is 0 Å². The molecule has 1 N–H and O–H groups in total. The van der Waals surface area contributed by atoms with Crippen LogP contribution in [0.25, 0.3) is 0 Å². The molecule has 0 radical (unpaired) electrons. The summed E-state index contributed by atoms with van der Waals surface area (Å²) >= 11 is 0. The van der Waals surface area contributed by atoms with E-state index in [1.165, 1.54) is 21.3 Å². The van der Waals surface area contributed by atoms with Crippen LogP contribution in [0.1, 0.15) is 13.3 Å². The van der Waals surface area contributed by atoms with E-state index in [-0.39, 0.29) is 5.90 Å². The Morgan fingerprint density at radius 3 is 1.82 bits per heavy atom.